The number of oxazole rings is 2. The Labute approximate surface area is 225 Å². The van der Waals surface area contributed by atoms with Crippen LogP contribution < -0.4 is 0 Å². The highest BCUT2D eigenvalue weighted by atomic mass is 16.6. The molecule has 0 bridgehead atoms. The molecule has 4 N–H and O–H groups in total. The molecule has 0 aromatic carbocycles. The fraction of sp³-hybridized carbons (Fsp3) is 0.750. The smallest absolute Gasteiger partial charge is 0.307 e. The van der Waals surface area contributed by atoms with E-state index >= 15 is 0 Å². The Hall–Kier alpha value is -2.27. The summed E-state index contributed by atoms with van der Waals surface area (Å²) in [5, 5.41) is 39.6. The van der Waals surface area contributed by atoms with Gasteiger partial charge in [-0.3, -0.25) is 4.79 Å². The van der Waals surface area contributed by atoms with E-state index in [4.69, 9.17) is 13.6 Å². The number of hydrogen-bond acceptors (Lipinski definition) is 10. The van der Waals surface area contributed by atoms with Gasteiger partial charge >= 0.3 is 5.97 Å². The Morgan fingerprint density at radius 1 is 0.921 bits per heavy atom. The maximum Gasteiger partial charge on any atom is 0.307 e. The summed E-state index contributed by atoms with van der Waals surface area (Å²) in [5.41, 5.74) is 0.0809. The van der Waals surface area contributed by atoms with Gasteiger partial charge in [0.15, 0.2) is 12.2 Å². The molecule has 0 saturated heterocycles. The number of nitrogens with zero attached hydrogens (tertiary/aromatic N) is 2. The van der Waals surface area contributed by atoms with E-state index in [9.17, 15) is 25.2 Å². The van der Waals surface area contributed by atoms with Crippen LogP contribution >= 0.6 is 0 Å². The molecule has 0 saturated carbocycles. The number of aliphatic hydroxyl groups is 4. The van der Waals surface area contributed by atoms with Crippen LogP contribution in [-0.2, 0) is 9.53 Å². The summed E-state index contributed by atoms with van der Waals surface area (Å²) in [5.74, 6) is 0.575. The molecule has 10 heteroatoms. The predicted molar refractivity (Wildman–Crippen MR) is 140 cm³/mol. The van der Waals surface area contributed by atoms with Gasteiger partial charge in [0, 0.05) is 12.8 Å². The molecular formula is C28H46N2O8. The lowest BCUT2D eigenvalue weighted by atomic mass is 10.0. The Balaban J connectivity index is 1.77. The third-order valence-electron chi connectivity index (χ3n) is 6.58. The lowest BCUT2D eigenvalue weighted by Crippen LogP contribution is -2.36. The van der Waals surface area contributed by atoms with Gasteiger partial charge in [-0.05, 0) is 19.3 Å². The van der Waals surface area contributed by atoms with E-state index < -0.39 is 36.5 Å². The maximum absolute atomic E-state index is 12.5. The molecule has 2 heterocycles. The second-order valence-corrected chi connectivity index (χ2v) is 10.5. The van der Waals surface area contributed by atoms with Crippen molar-refractivity contribution < 1.29 is 38.8 Å². The molecule has 0 aliphatic heterocycles. The molecule has 0 radical (unpaired) electrons. The summed E-state index contributed by atoms with van der Waals surface area (Å²) in [6.45, 7) is 5.87. The molecule has 0 amide bonds. The van der Waals surface area contributed by atoms with Crippen molar-refractivity contribution in [2.45, 2.75) is 128 Å². The number of ether oxygens (including phenoxy) is 1. The number of carbonyl (C=O) groups excluding carboxylic acids is 1. The Kier molecular flexibility index (Phi) is 14.6. The van der Waals surface area contributed by atoms with Gasteiger partial charge in [-0.15, -0.1) is 0 Å². The van der Waals surface area contributed by atoms with Gasteiger partial charge in [0.25, 0.3) is 0 Å². The Morgan fingerprint density at radius 2 is 1.55 bits per heavy atom. The molecule has 1 unspecified atom stereocenters. The van der Waals surface area contributed by atoms with Crippen molar-refractivity contribution in [3.8, 4) is 0 Å². The number of aromatic nitrogens is 2. The van der Waals surface area contributed by atoms with Crippen molar-refractivity contribution in [1.82, 2.24) is 9.97 Å². The zero-order valence-corrected chi connectivity index (χ0v) is 23.0. The summed E-state index contributed by atoms with van der Waals surface area (Å²) < 4.78 is 16.3. The monoisotopic (exact) mass is 538 g/mol. The zero-order valence-electron chi connectivity index (χ0n) is 23.0. The van der Waals surface area contributed by atoms with E-state index in [0.29, 0.717) is 0 Å². The molecule has 216 valence electrons. The second-order valence-electron chi connectivity index (χ2n) is 10.5. The molecule has 0 aliphatic carbocycles. The highest BCUT2D eigenvalue weighted by Gasteiger charge is 2.30. The van der Waals surface area contributed by atoms with Crippen LogP contribution in [0, 0.1) is 5.92 Å². The number of rotatable bonds is 20. The molecule has 38 heavy (non-hydrogen) atoms. The van der Waals surface area contributed by atoms with E-state index in [0.717, 1.165) is 25.2 Å². The Morgan fingerprint density at radius 3 is 2.13 bits per heavy atom. The van der Waals surface area contributed by atoms with Gasteiger partial charge < -0.3 is 34.0 Å². The minimum Gasteiger partial charge on any atom is -0.445 e. The first kappa shape index (κ1) is 31.9. The van der Waals surface area contributed by atoms with Crippen LogP contribution in [0.3, 0.4) is 0 Å². The fourth-order valence-electron chi connectivity index (χ4n) is 4.22. The molecule has 2 rings (SSSR count). The SMILES string of the molecule is CC(C)CCCCCCCCCCCC(=O)O[C@@H](c1cnco1)c1nc([C@@H](O)C[C@@H](O)C(O)[C@@H](C)O)co1. The van der Waals surface area contributed by atoms with Crippen molar-refractivity contribution in [3.05, 3.63) is 36.2 Å². The average molecular weight is 539 g/mol. The normalized spacial score (nSPS) is 15.8. The molecule has 2 aromatic heterocycles. The van der Waals surface area contributed by atoms with E-state index in [2.05, 4.69) is 23.8 Å². The predicted octanol–water partition coefficient (Wildman–Crippen LogP) is 4.77. The van der Waals surface area contributed by atoms with E-state index in [1.807, 2.05) is 0 Å². The Bertz CT molecular complexity index is 883. The van der Waals surface area contributed by atoms with E-state index in [1.165, 1.54) is 70.7 Å². The third-order valence-corrected chi connectivity index (χ3v) is 6.58. The number of carbonyl (C=O) groups is 1. The van der Waals surface area contributed by atoms with Crippen molar-refractivity contribution in [2.75, 3.05) is 0 Å². The fourth-order valence-corrected chi connectivity index (χ4v) is 4.22. The number of unbranched alkanes of at least 4 members (excludes halogenated alkanes) is 8. The van der Waals surface area contributed by atoms with Crippen molar-refractivity contribution in [1.29, 1.82) is 0 Å². The van der Waals surface area contributed by atoms with Crippen LogP contribution in [0.15, 0.2) is 27.7 Å². The van der Waals surface area contributed by atoms with E-state index in [-0.39, 0.29) is 30.2 Å². The summed E-state index contributed by atoms with van der Waals surface area (Å²) in [4.78, 5) is 20.6. The van der Waals surface area contributed by atoms with Crippen LogP contribution in [0.1, 0.15) is 127 Å². The van der Waals surface area contributed by atoms with Crippen LogP contribution in [0.25, 0.3) is 0 Å². The lowest BCUT2D eigenvalue weighted by molar-refractivity contribution is -0.149. The molecule has 0 aliphatic rings. The highest BCUT2D eigenvalue weighted by molar-refractivity contribution is 5.69. The molecule has 5 atom stereocenters. The van der Waals surface area contributed by atoms with Crippen LogP contribution in [0.4, 0.5) is 0 Å². The molecular weight excluding hydrogens is 492 g/mol. The second kappa shape index (κ2) is 17.3. The number of esters is 1. The number of aliphatic hydroxyl groups excluding tert-OH is 4. The quantitative estimate of drug-likeness (QED) is 0.137. The van der Waals surface area contributed by atoms with Gasteiger partial charge in [-0.1, -0.05) is 71.6 Å². The maximum atomic E-state index is 12.5. The molecule has 10 nitrogen and oxygen atoms in total. The largest absolute Gasteiger partial charge is 0.445 e. The summed E-state index contributed by atoms with van der Waals surface area (Å²) in [7, 11) is 0. The average Bonchev–Trinajstić information content (AvgIpc) is 3.58. The summed E-state index contributed by atoms with van der Waals surface area (Å²) in [6.07, 6.45) is 9.12. The van der Waals surface area contributed by atoms with Gasteiger partial charge in [-0.25, -0.2) is 9.97 Å². The third kappa shape index (κ3) is 11.6. The van der Waals surface area contributed by atoms with Crippen molar-refractivity contribution in [3.63, 3.8) is 0 Å². The highest BCUT2D eigenvalue weighted by Crippen LogP contribution is 2.29. The molecule has 0 fully saturated rings. The minimum absolute atomic E-state index is 0.0110. The van der Waals surface area contributed by atoms with Gasteiger partial charge in [0.2, 0.25) is 12.0 Å². The van der Waals surface area contributed by atoms with E-state index in [1.54, 1.807) is 0 Å². The van der Waals surface area contributed by atoms with Crippen LogP contribution in [0.5, 0.6) is 0 Å². The standard InChI is InChI=1S/C28H46N2O8/c1-19(2)13-11-9-7-5-4-6-8-10-12-14-25(34)38-27(24-16-29-18-37-24)28-30-21(17-36-28)22(32)15-23(33)26(35)20(3)31/h16-20,22-23,26-27,31-33,35H,4-15H2,1-3H3/t20-,22+,23-,26?,27+/m1/s1. The summed E-state index contributed by atoms with van der Waals surface area (Å²) >= 11 is 0. The lowest BCUT2D eigenvalue weighted by Gasteiger charge is -2.21. The first-order valence-corrected chi connectivity index (χ1v) is 13.9. The molecule has 2 aromatic rings. The van der Waals surface area contributed by atoms with Crippen molar-refractivity contribution in [2.24, 2.45) is 5.92 Å². The van der Waals surface area contributed by atoms with Crippen LogP contribution in [-0.4, -0.2) is 54.7 Å². The topological polar surface area (TPSA) is 159 Å². The summed E-state index contributed by atoms with van der Waals surface area (Å²) in [6, 6.07) is 0. The first-order chi connectivity index (χ1) is 18.2. The first-order valence-electron chi connectivity index (χ1n) is 13.9. The van der Waals surface area contributed by atoms with Gasteiger partial charge in [0.1, 0.15) is 24.2 Å². The minimum atomic E-state index is -1.42. The number of hydrogen-bond donors (Lipinski definition) is 4. The van der Waals surface area contributed by atoms with Crippen LogP contribution in [0.2, 0.25) is 0 Å². The van der Waals surface area contributed by atoms with Crippen molar-refractivity contribution >= 4 is 5.97 Å². The van der Waals surface area contributed by atoms with Gasteiger partial charge in [0.05, 0.1) is 18.4 Å². The van der Waals surface area contributed by atoms with Gasteiger partial charge in [-0.2, -0.15) is 0 Å². The molecule has 0 spiro atoms. The zero-order chi connectivity index (χ0) is 27.9.